The molecule has 2 aliphatic rings. The molecule has 128 valence electrons. The number of nitrogens with zero attached hydrogens (tertiary/aromatic N) is 2. The molecule has 3 heteroatoms. The summed E-state index contributed by atoms with van der Waals surface area (Å²) in [6.07, 6.45) is 14.2. The number of aliphatic hydroxyl groups is 1. The van der Waals surface area contributed by atoms with Gasteiger partial charge in [-0.2, -0.15) is 4.58 Å². The van der Waals surface area contributed by atoms with E-state index in [1.165, 1.54) is 0 Å². The summed E-state index contributed by atoms with van der Waals surface area (Å²) in [5.74, 6) is 5.75. The monoisotopic (exact) mass is 333 g/mol. The zero-order valence-electron chi connectivity index (χ0n) is 15.4. The summed E-state index contributed by atoms with van der Waals surface area (Å²) < 4.78 is 1.99. The van der Waals surface area contributed by atoms with Gasteiger partial charge in [-0.3, -0.25) is 0 Å². The van der Waals surface area contributed by atoms with Gasteiger partial charge in [0.05, 0.1) is 0 Å². The van der Waals surface area contributed by atoms with Crippen LogP contribution in [0.2, 0.25) is 0 Å². The van der Waals surface area contributed by atoms with Gasteiger partial charge in [0.1, 0.15) is 24.3 Å². The molecule has 0 amide bonds. The van der Waals surface area contributed by atoms with Crippen LogP contribution in [0.4, 0.5) is 5.69 Å². The first-order valence-corrected chi connectivity index (χ1v) is 8.75. The van der Waals surface area contributed by atoms with Crippen molar-refractivity contribution < 1.29 is 9.68 Å². The zero-order valence-corrected chi connectivity index (χ0v) is 15.4. The van der Waals surface area contributed by atoms with E-state index >= 15 is 0 Å². The van der Waals surface area contributed by atoms with Crippen LogP contribution >= 0.6 is 0 Å². The third-order valence-electron chi connectivity index (χ3n) is 5.64. The summed E-state index contributed by atoms with van der Waals surface area (Å²) in [4.78, 5) is 2.08. The van der Waals surface area contributed by atoms with Gasteiger partial charge in [0.2, 0.25) is 0 Å². The second kappa shape index (κ2) is 6.01. The van der Waals surface area contributed by atoms with Crippen LogP contribution in [0.25, 0.3) is 0 Å². The first-order chi connectivity index (χ1) is 11.9. The molecular formula is C22H25N2O+. The van der Waals surface area contributed by atoms with Gasteiger partial charge < -0.3 is 5.11 Å². The Bertz CT molecular complexity index is 855. The summed E-state index contributed by atoms with van der Waals surface area (Å²) in [5, 5.41) is 11.0. The number of hydrogen-bond donors (Lipinski definition) is 1. The Kier molecular flexibility index (Phi) is 4.13. The van der Waals surface area contributed by atoms with E-state index < -0.39 is 0 Å². The summed E-state index contributed by atoms with van der Waals surface area (Å²) in [6, 6.07) is 4.29. The first kappa shape index (κ1) is 17.2. The van der Waals surface area contributed by atoms with Gasteiger partial charge in [0, 0.05) is 17.1 Å². The van der Waals surface area contributed by atoms with Crippen molar-refractivity contribution in [2.24, 2.45) is 5.92 Å². The minimum Gasteiger partial charge on any atom is -0.447 e. The fraction of sp³-hybridized carbons (Fsp3) is 0.409. The van der Waals surface area contributed by atoms with Gasteiger partial charge in [0.15, 0.2) is 0 Å². The van der Waals surface area contributed by atoms with Gasteiger partial charge in [-0.1, -0.05) is 18.8 Å². The maximum Gasteiger partial charge on any atom is 0.450 e. The second-order valence-electron chi connectivity index (χ2n) is 7.14. The van der Waals surface area contributed by atoms with E-state index in [0.29, 0.717) is 6.02 Å². The molecule has 25 heavy (non-hydrogen) atoms. The van der Waals surface area contributed by atoms with E-state index in [0.717, 1.165) is 47.5 Å². The molecule has 3 rings (SSSR count). The molecule has 1 unspecified atom stereocenters. The fourth-order valence-corrected chi connectivity index (χ4v) is 4.45. The van der Waals surface area contributed by atoms with E-state index in [2.05, 4.69) is 36.7 Å². The van der Waals surface area contributed by atoms with Crippen molar-refractivity contribution in [2.75, 3.05) is 13.1 Å². The third-order valence-corrected chi connectivity index (χ3v) is 5.64. The van der Waals surface area contributed by atoms with Crippen LogP contribution in [0.15, 0.2) is 23.8 Å². The molecule has 3 nitrogen and oxygen atoms in total. The largest absolute Gasteiger partial charge is 0.450 e. The molecular weight excluding hydrogens is 308 g/mol. The highest BCUT2D eigenvalue weighted by atomic mass is 16.3. The Hall–Kier alpha value is -2.65. The number of rotatable bonds is 3. The molecule has 1 aromatic carbocycles. The zero-order chi connectivity index (χ0) is 18.4. The van der Waals surface area contributed by atoms with Crippen molar-refractivity contribution in [1.82, 2.24) is 4.90 Å². The Morgan fingerprint density at radius 2 is 1.92 bits per heavy atom. The maximum atomic E-state index is 11.0. The number of aliphatic hydroxyl groups excluding tert-OH is 1. The Morgan fingerprint density at radius 1 is 1.28 bits per heavy atom. The minimum atomic E-state index is -0.226. The van der Waals surface area contributed by atoms with Crippen LogP contribution in [-0.2, 0) is 0 Å². The van der Waals surface area contributed by atoms with Gasteiger partial charge in [0.25, 0.3) is 0 Å². The molecule has 1 N–H and O–H groups in total. The predicted octanol–water partition coefficient (Wildman–Crippen LogP) is 3.52. The fourth-order valence-electron chi connectivity index (χ4n) is 4.45. The second-order valence-corrected chi connectivity index (χ2v) is 7.14. The minimum absolute atomic E-state index is 0.226. The van der Waals surface area contributed by atoms with E-state index in [1.54, 1.807) is 0 Å². The van der Waals surface area contributed by atoms with Gasteiger partial charge in [-0.05, 0) is 56.5 Å². The van der Waals surface area contributed by atoms with E-state index in [9.17, 15) is 5.11 Å². The smallest absolute Gasteiger partial charge is 0.447 e. The lowest BCUT2D eigenvalue weighted by molar-refractivity contribution is -0.438. The topological polar surface area (TPSA) is 26.5 Å². The number of hydrogen-bond acceptors (Lipinski definition) is 1. The molecule has 1 aromatic rings. The number of benzene rings is 1. The average molecular weight is 333 g/mol. The highest BCUT2D eigenvalue weighted by molar-refractivity contribution is 5.73. The van der Waals surface area contributed by atoms with Crippen molar-refractivity contribution in [3.8, 4) is 24.7 Å². The summed E-state index contributed by atoms with van der Waals surface area (Å²) >= 11 is 0. The van der Waals surface area contributed by atoms with Crippen molar-refractivity contribution in [3.05, 3.63) is 40.5 Å². The van der Waals surface area contributed by atoms with Crippen LogP contribution in [0.3, 0.4) is 0 Å². The Balaban J connectivity index is 2.04. The van der Waals surface area contributed by atoms with E-state index in [4.69, 9.17) is 12.8 Å². The Morgan fingerprint density at radius 3 is 2.44 bits per heavy atom. The molecule has 0 fully saturated rings. The van der Waals surface area contributed by atoms with Crippen LogP contribution in [0.1, 0.15) is 37.0 Å². The number of amidine groups is 1. The third kappa shape index (κ3) is 2.43. The molecule has 1 aliphatic carbocycles. The van der Waals surface area contributed by atoms with Gasteiger partial charge in [-0.15, -0.1) is 12.8 Å². The molecule has 1 heterocycles. The van der Waals surface area contributed by atoms with Crippen molar-refractivity contribution in [1.29, 1.82) is 0 Å². The molecule has 0 saturated heterocycles. The molecule has 0 saturated carbocycles. The van der Waals surface area contributed by atoms with Crippen LogP contribution in [0, 0.1) is 44.5 Å². The van der Waals surface area contributed by atoms with Gasteiger partial charge in [-0.25, -0.2) is 4.90 Å². The highest BCUT2D eigenvalue weighted by Gasteiger charge is 2.54. The van der Waals surface area contributed by atoms with Crippen LogP contribution < -0.4 is 0 Å². The number of terminal acetylenes is 2. The molecule has 0 bridgehead atoms. The van der Waals surface area contributed by atoms with Crippen LogP contribution in [-0.4, -0.2) is 39.2 Å². The standard InChI is InChI=1S/C22H24N2O/c1-7-17-12-15(4)20(16(5)13-17)23-10-11-24(21(23)25)22(6)14-18(8-2)19(22)9-3/h1-2,12-14,19H,9-11H2,3-6H3/p+1/t19-,22?/m0/s1. The van der Waals surface area contributed by atoms with E-state index in [1.807, 2.05) is 30.6 Å². The molecule has 1 aliphatic heterocycles. The maximum absolute atomic E-state index is 11.0. The lowest BCUT2D eigenvalue weighted by atomic mass is 9.67. The van der Waals surface area contributed by atoms with E-state index in [-0.39, 0.29) is 11.5 Å². The van der Waals surface area contributed by atoms with Crippen molar-refractivity contribution in [2.45, 2.75) is 39.7 Å². The Labute approximate surface area is 150 Å². The predicted molar refractivity (Wildman–Crippen MR) is 102 cm³/mol. The summed E-state index contributed by atoms with van der Waals surface area (Å²) in [5.41, 5.74) is 4.88. The lowest BCUT2D eigenvalue weighted by Crippen LogP contribution is -2.57. The van der Waals surface area contributed by atoms with Crippen LogP contribution in [0.5, 0.6) is 0 Å². The average Bonchev–Trinajstić information content (AvgIpc) is 2.93. The molecule has 0 spiro atoms. The first-order valence-electron chi connectivity index (χ1n) is 8.75. The summed E-state index contributed by atoms with van der Waals surface area (Å²) in [6.45, 7) is 9.88. The normalized spacial score (nSPS) is 25.3. The quantitative estimate of drug-likeness (QED) is 0.677. The van der Waals surface area contributed by atoms with Gasteiger partial charge >= 0.3 is 6.02 Å². The molecule has 0 radical (unpaired) electrons. The van der Waals surface area contributed by atoms with Crippen molar-refractivity contribution in [3.63, 3.8) is 0 Å². The van der Waals surface area contributed by atoms with Crippen molar-refractivity contribution >= 4 is 11.7 Å². The SMILES string of the molecule is C#CC1=CC(C)(N2CC[N+](c3c(C)cc(C#C)cc3C)=C2O)[C@H]1CC. The molecule has 2 atom stereocenters. The lowest BCUT2D eigenvalue weighted by Gasteiger charge is -2.44. The highest BCUT2D eigenvalue weighted by Crippen LogP contribution is 2.44. The number of aryl methyl sites for hydroxylation is 2. The molecule has 0 aromatic heterocycles. The summed E-state index contributed by atoms with van der Waals surface area (Å²) in [7, 11) is 0.